The fraction of sp³-hybridized carbons (Fsp3) is 0.138. The third-order valence-corrected chi connectivity index (χ3v) is 8.04. The van der Waals surface area contributed by atoms with Crippen LogP contribution >= 0.6 is 24.0 Å². The number of anilines is 2. The number of thiocarbonyl (C=S) groups is 1. The Morgan fingerprint density at radius 1 is 1.07 bits per heavy atom. The summed E-state index contributed by atoms with van der Waals surface area (Å²) in [5.74, 6) is 0.375. The number of nitrogens with one attached hydrogen (secondary N) is 1. The number of amides is 2. The number of hydrogen-bond donors (Lipinski definition) is 1. The highest BCUT2D eigenvalue weighted by Gasteiger charge is 2.36. The molecule has 1 aromatic heterocycles. The van der Waals surface area contributed by atoms with E-state index in [1.807, 2.05) is 35.8 Å². The monoisotopic (exact) mass is 595 g/mol. The second-order valence-electron chi connectivity index (χ2n) is 9.28. The number of carbonyl (C=O) groups excluding carboxylic acids is 2. The summed E-state index contributed by atoms with van der Waals surface area (Å²) in [6.45, 7) is 1.97. The summed E-state index contributed by atoms with van der Waals surface area (Å²) in [6, 6.07) is 17.1. The van der Waals surface area contributed by atoms with Crippen LogP contribution < -0.4 is 19.7 Å². The van der Waals surface area contributed by atoms with Gasteiger partial charge in [-0.3, -0.25) is 14.5 Å². The first-order valence-corrected chi connectivity index (χ1v) is 13.5. The van der Waals surface area contributed by atoms with Crippen LogP contribution in [-0.4, -0.2) is 27.5 Å². The maximum atomic E-state index is 13.4. The summed E-state index contributed by atoms with van der Waals surface area (Å²) in [5.41, 5.74) is 1.96. The summed E-state index contributed by atoms with van der Waals surface area (Å²) in [6.07, 6.45) is -2.88. The number of benzene rings is 3. The van der Waals surface area contributed by atoms with E-state index in [0.717, 1.165) is 45.4 Å². The molecule has 0 radical (unpaired) electrons. The first-order chi connectivity index (χ1) is 19.6. The third kappa shape index (κ3) is 5.04. The van der Waals surface area contributed by atoms with Gasteiger partial charge >= 0.3 is 6.18 Å². The van der Waals surface area contributed by atoms with Gasteiger partial charge in [-0.2, -0.15) is 13.2 Å². The van der Waals surface area contributed by atoms with E-state index < -0.39 is 17.6 Å². The summed E-state index contributed by atoms with van der Waals surface area (Å²) in [4.78, 5) is 27.8. The number of hydrogen-bond acceptors (Lipinski definition) is 6. The van der Waals surface area contributed by atoms with Gasteiger partial charge in [-0.1, -0.05) is 48.2 Å². The van der Waals surface area contributed by atoms with E-state index in [0.29, 0.717) is 22.7 Å². The van der Waals surface area contributed by atoms with E-state index in [9.17, 15) is 22.8 Å². The molecule has 2 aliphatic rings. The van der Waals surface area contributed by atoms with Crippen molar-refractivity contribution in [3.8, 4) is 11.5 Å². The van der Waals surface area contributed by atoms with Gasteiger partial charge < -0.3 is 19.4 Å². The Bertz CT molecular complexity index is 1780. The van der Waals surface area contributed by atoms with E-state index >= 15 is 0 Å². The molecule has 0 atom stereocenters. The molecule has 6 rings (SSSR count). The average molecular weight is 596 g/mol. The fourth-order valence-corrected chi connectivity index (χ4v) is 6.09. The number of aromatic nitrogens is 1. The quantitative estimate of drug-likeness (QED) is 0.204. The number of halogens is 3. The zero-order valence-electron chi connectivity index (χ0n) is 21.3. The number of carbonyl (C=O) groups is 2. The lowest BCUT2D eigenvalue weighted by Gasteiger charge is -2.16. The van der Waals surface area contributed by atoms with Crippen LogP contribution in [-0.2, 0) is 22.3 Å². The Balaban J connectivity index is 1.30. The van der Waals surface area contributed by atoms with E-state index in [1.165, 1.54) is 12.1 Å². The number of ether oxygens (including phenoxy) is 2. The first-order valence-electron chi connectivity index (χ1n) is 12.3. The van der Waals surface area contributed by atoms with Gasteiger partial charge in [0.25, 0.3) is 5.91 Å². The lowest BCUT2D eigenvalue weighted by Crippen LogP contribution is -2.27. The lowest BCUT2D eigenvalue weighted by molar-refractivity contribution is -0.137. The molecule has 1 fully saturated rings. The van der Waals surface area contributed by atoms with Crippen molar-refractivity contribution < 1.29 is 32.2 Å². The van der Waals surface area contributed by atoms with Gasteiger partial charge in [0, 0.05) is 33.9 Å². The highest BCUT2D eigenvalue weighted by Crippen LogP contribution is 2.40. The van der Waals surface area contributed by atoms with Gasteiger partial charge in [0.1, 0.15) is 6.54 Å². The Labute approximate surface area is 241 Å². The van der Waals surface area contributed by atoms with Gasteiger partial charge in [0.05, 0.1) is 16.2 Å². The molecule has 4 aromatic rings. The normalized spacial score (nSPS) is 15.8. The third-order valence-electron chi connectivity index (χ3n) is 6.74. The molecule has 3 aromatic carbocycles. The van der Waals surface area contributed by atoms with Crippen LogP contribution in [0, 0.1) is 6.92 Å². The minimum Gasteiger partial charge on any atom is -0.454 e. The van der Waals surface area contributed by atoms with Crippen molar-refractivity contribution in [2.45, 2.75) is 19.6 Å². The molecular formula is C29H20F3N3O4S2. The second-order valence-corrected chi connectivity index (χ2v) is 11.0. The van der Waals surface area contributed by atoms with Gasteiger partial charge in [-0.25, -0.2) is 0 Å². The van der Waals surface area contributed by atoms with E-state index in [1.54, 1.807) is 24.3 Å². The van der Waals surface area contributed by atoms with E-state index in [4.69, 9.17) is 21.7 Å². The highest BCUT2D eigenvalue weighted by atomic mass is 32.2. The molecule has 2 amide bonds. The molecule has 12 heteroatoms. The Morgan fingerprint density at radius 2 is 1.85 bits per heavy atom. The maximum Gasteiger partial charge on any atom is 0.416 e. The van der Waals surface area contributed by atoms with Crippen molar-refractivity contribution in [2.75, 3.05) is 17.0 Å². The Kier molecular flexibility index (Phi) is 6.74. The number of fused-ring (bicyclic) bond motifs is 2. The number of rotatable bonds is 5. The highest BCUT2D eigenvalue weighted by molar-refractivity contribution is 8.27. The molecule has 1 N–H and O–H groups in total. The van der Waals surface area contributed by atoms with Gasteiger partial charge in [0.15, 0.2) is 15.8 Å². The molecule has 2 aliphatic heterocycles. The molecule has 0 bridgehead atoms. The molecule has 208 valence electrons. The molecular weight excluding hydrogens is 575 g/mol. The summed E-state index contributed by atoms with van der Waals surface area (Å²) in [7, 11) is 0. The molecule has 3 heterocycles. The topological polar surface area (TPSA) is 72.8 Å². The second kappa shape index (κ2) is 10.3. The van der Waals surface area contributed by atoms with Gasteiger partial charge in [0.2, 0.25) is 12.7 Å². The van der Waals surface area contributed by atoms with Crippen molar-refractivity contribution in [1.82, 2.24) is 4.57 Å². The Hall–Kier alpha value is -4.29. The van der Waals surface area contributed by atoms with Crippen molar-refractivity contribution in [2.24, 2.45) is 0 Å². The zero-order chi connectivity index (χ0) is 28.9. The van der Waals surface area contributed by atoms with Gasteiger partial charge in [-0.05, 0) is 49.4 Å². The van der Waals surface area contributed by atoms with E-state index in [2.05, 4.69) is 5.32 Å². The smallest absolute Gasteiger partial charge is 0.416 e. The molecule has 1 saturated heterocycles. The largest absolute Gasteiger partial charge is 0.454 e. The van der Waals surface area contributed by atoms with Crippen LogP contribution in [0.15, 0.2) is 71.6 Å². The molecule has 0 unspecified atom stereocenters. The maximum absolute atomic E-state index is 13.4. The van der Waals surface area contributed by atoms with Gasteiger partial charge in [-0.15, -0.1) is 0 Å². The zero-order valence-corrected chi connectivity index (χ0v) is 23.0. The van der Waals surface area contributed by atoms with Crippen LogP contribution in [0.2, 0.25) is 0 Å². The van der Waals surface area contributed by atoms with E-state index in [-0.39, 0.29) is 34.2 Å². The Morgan fingerprint density at radius 3 is 2.66 bits per heavy atom. The number of nitrogens with zero attached hydrogens (tertiary/aromatic N) is 2. The number of alkyl halides is 3. The van der Waals surface area contributed by atoms with Crippen molar-refractivity contribution in [3.63, 3.8) is 0 Å². The number of para-hydroxylation sites is 1. The predicted octanol–water partition coefficient (Wildman–Crippen LogP) is 6.74. The van der Waals surface area contributed by atoms with Crippen LogP contribution in [0.25, 0.3) is 17.0 Å². The molecule has 0 saturated carbocycles. The molecule has 41 heavy (non-hydrogen) atoms. The lowest BCUT2D eigenvalue weighted by atomic mass is 10.1. The minimum atomic E-state index is -4.56. The summed E-state index contributed by atoms with van der Waals surface area (Å²) >= 11 is 6.40. The minimum absolute atomic E-state index is 0.000176. The van der Waals surface area contributed by atoms with Crippen LogP contribution in [0.3, 0.4) is 0 Å². The average Bonchev–Trinajstić information content (AvgIpc) is 3.59. The standard InChI is InChI=1S/C29H20F3N3O4S2/c1-16-21(13-25-27(37)35(28(40)41-25)19-6-4-5-17(11-19)29(30,31)32)20-7-2-3-8-22(20)34(16)14-26(36)33-18-9-10-23-24(12-18)39-15-38-23/h2-13H,14-15H2,1H3,(H,33,36)/b25-13+. The summed E-state index contributed by atoms with van der Waals surface area (Å²) in [5, 5.41) is 3.68. The summed E-state index contributed by atoms with van der Waals surface area (Å²) < 4.78 is 52.5. The first kappa shape index (κ1) is 26.9. The fourth-order valence-electron chi connectivity index (χ4n) is 4.80. The van der Waals surface area contributed by atoms with Crippen LogP contribution in [0.1, 0.15) is 16.8 Å². The number of thioether (sulfide) groups is 1. The predicted molar refractivity (Wildman–Crippen MR) is 155 cm³/mol. The molecule has 7 nitrogen and oxygen atoms in total. The van der Waals surface area contributed by atoms with Crippen LogP contribution in [0.5, 0.6) is 11.5 Å². The van der Waals surface area contributed by atoms with Crippen molar-refractivity contribution in [1.29, 1.82) is 0 Å². The molecule has 0 aliphatic carbocycles. The van der Waals surface area contributed by atoms with Crippen LogP contribution in [0.4, 0.5) is 24.5 Å². The van der Waals surface area contributed by atoms with Crippen molar-refractivity contribution >= 4 is 68.5 Å². The SMILES string of the molecule is Cc1c(/C=C2/SC(=S)N(c3cccc(C(F)(F)F)c3)C2=O)c2ccccc2n1CC(=O)Nc1ccc2c(c1)OCO2. The van der Waals surface area contributed by atoms with Crippen molar-refractivity contribution in [3.05, 3.63) is 88.5 Å². The molecule has 0 spiro atoms.